The van der Waals surface area contributed by atoms with E-state index in [4.69, 9.17) is 10.5 Å². The van der Waals surface area contributed by atoms with Crippen LogP contribution in [-0.4, -0.2) is 12.6 Å². The van der Waals surface area contributed by atoms with Crippen molar-refractivity contribution >= 4 is 5.97 Å². The fraction of sp³-hybridized carbons (Fsp3) is 0.500. The summed E-state index contributed by atoms with van der Waals surface area (Å²) >= 11 is 0. The number of nitroso groups, excluding NO2 is 1. The topological polar surface area (TPSA) is 81.8 Å². The van der Waals surface area contributed by atoms with Gasteiger partial charge in [-0.25, -0.2) is 4.79 Å². The van der Waals surface area contributed by atoms with Crippen LogP contribution in [0.5, 0.6) is 0 Å². The van der Waals surface area contributed by atoms with Crippen LogP contribution in [0, 0.1) is 4.91 Å². The van der Waals surface area contributed by atoms with Gasteiger partial charge in [0, 0.05) is 11.3 Å². The molecular weight excluding hydrogens is 244 g/mol. The van der Waals surface area contributed by atoms with Crippen molar-refractivity contribution in [3.63, 3.8) is 0 Å². The molecule has 0 radical (unpaired) electrons. The number of hydrogen-bond acceptors (Lipinski definition) is 5. The molecule has 0 heterocycles. The van der Waals surface area contributed by atoms with Gasteiger partial charge in [-0.05, 0) is 43.4 Å². The maximum absolute atomic E-state index is 11.8. The lowest BCUT2D eigenvalue weighted by molar-refractivity contribution is -0.138. The Hall–Kier alpha value is -1.91. The Morgan fingerprint density at radius 2 is 2.11 bits per heavy atom. The molecule has 2 N–H and O–H groups in total. The summed E-state index contributed by atoms with van der Waals surface area (Å²) in [5.41, 5.74) is 8.11. The Morgan fingerprint density at radius 1 is 1.42 bits per heavy atom. The molecule has 104 valence electrons. The molecule has 0 bridgehead atoms. The monoisotopic (exact) mass is 264 g/mol. The predicted octanol–water partition coefficient (Wildman–Crippen LogP) is 2.93. The first-order valence-electron chi connectivity index (χ1n) is 6.47. The minimum absolute atomic E-state index is 0.113. The van der Waals surface area contributed by atoms with Crippen LogP contribution in [0.4, 0.5) is 0 Å². The van der Waals surface area contributed by atoms with Gasteiger partial charge in [0.2, 0.25) is 0 Å². The van der Waals surface area contributed by atoms with E-state index in [0.29, 0.717) is 24.1 Å². The minimum atomic E-state index is -0.557. The van der Waals surface area contributed by atoms with E-state index in [9.17, 15) is 9.70 Å². The van der Waals surface area contributed by atoms with E-state index in [2.05, 4.69) is 11.8 Å². The number of carbonyl (C=O) groups is 1. The van der Waals surface area contributed by atoms with E-state index in [1.54, 1.807) is 6.92 Å². The standard InChI is InChI=1S/C14H20N2O3/c1-4-10-7-6-8-11(15)12(13(10)16-18)9(3)14(17)19-5-2/h3-8,15H2,1-2H3. The SMILES string of the molecule is C=C(C(=O)OCC)C1=C(N)CCCC(CC)=C1N=O. The van der Waals surface area contributed by atoms with E-state index in [1.807, 2.05) is 6.92 Å². The smallest absolute Gasteiger partial charge is 0.338 e. The average Bonchev–Trinajstić information content (AvgIpc) is 2.56. The fourth-order valence-corrected chi connectivity index (χ4v) is 2.18. The summed E-state index contributed by atoms with van der Waals surface area (Å²) in [6.07, 6.45) is 2.93. The zero-order chi connectivity index (χ0) is 14.4. The van der Waals surface area contributed by atoms with Gasteiger partial charge < -0.3 is 10.5 Å². The molecule has 0 aromatic rings. The van der Waals surface area contributed by atoms with Crippen molar-refractivity contribution in [1.82, 2.24) is 0 Å². The van der Waals surface area contributed by atoms with Gasteiger partial charge in [-0.15, -0.1) is 4.91 Å². The van der Waals surface area contributed by atoms with E-state index in [-0.39, 0.29) is 17.9 Å². The summed E-state index contributed by atoms with van der Waals surface area (Å²) < 4.78 is 4.91. The van der Waals surface area contributed by atoms with Crippen LogP contribution < -0.4 is 5.73 Å². The predicted molar refractivity (Wildman–Crippen MR) is 73.9 cm³/mol. The molecule has 19 heavy (non-hydrogen) atoms. The van der Waals surface area contributed by atoms with Gasteiger partial charge in [-0.2, -0.15) is 0 Å². The molecule has 0 spiro atoms. The van der Waals surface area contributed by atoms with Gasteiger partial charge in [-0.3, -0.25) is 0 Å². The second kappa shape index (κ2) is 6.87. The second-order valence-electron chi connectivity index (χ2n) is 4.35. The molecule has 0 fully saturated rings. The maximum Gasteiger partial charge on any atom is 0.338 e. The van der Waals surface area contributed by atoms with Crippen molar-refractivity contribution in [2.75, 3.05) is 6.61 Å². The molecule has 5 nitrogen and oxygen atoms in total. The highest BCUT2D eigenvalue weighted by atomic mass is 16.5. The third kappa shape index (κ3) is 3.30. The summed E-state index contributed by atoms with van der Waals surface area (Å²) in [5.74, 6) is -0.557. The number of ether oxygens (including phenoxy) is 1. The second-order valence-corrected chi connectivity index (χ2v) is 4.35. The molecule has 1 rings (SSSR count). The summed E-state index contributed by atoms with van der Waals surface area (Å²) in [5, 5.41) is 3.08. The molecule has 1 aliphatic carbocycles. The Bertz CT molecular complexity index is 461. The third-order valence-corrected chi connectivity index (χ3v) is 3.16. The fourth-order valence-electron chi connectivity index (χ4n) is 2.18. The first kappa shape index (κ1) is 15.1. The lowest BCUT2D eigenvalue weighted by Crippen LogP contribution is -2.14. The first-order chi connectivity index (χ1) is 9.06. The molecule has 0 saturated heterocycles. The van der Waals surface area contributed by atoms with Crippen molar-refractivity contribution < 1.29 is 9.53 Å². The van der Waals surface area contributed by atoms with E-state index in [0.717, 1.165) is 18.4 Å². The molecular formula is C14H20N2O3. The van der Waals surface area contributed by atoms with Gasteiger partial charge in [0.25, 0.3) is 0 Å². The van der Waals surface area contributed by atoms with Crippen LogP contribution in [0.25, 0.3) is 0 Å². The Labute approximate surface area is 113 Å². The van der Waals surface area contributed by atoms with Crippen LogP contribution in [0.1, 0.15) is 39.5 Å². The Balaban J connectivity index is 3.27. The number of hydrogen-bond donors (Lipinski definition) is 1. The molecule has 0 aromatic heterocycles. The van der Waals surface area contributed by atoms with Gasteiger partial charge in [0.05, 0.1) is 12.2 Å². The lowest BCUT2D eigenvalue weighted by atomic mass is 9.98. The number of nitrogens with two attached hydrogens (primary N) is 1. The van der Waals surface area contributed by atoms with Crippen molar-refractivity contribution in [1.29, 1.82) is 0 Å². The van der Waals surface area contributed by atoms with Gasteiger partial charge >= 0.3 is 5.97 Å². The summed E-state index contributed by atoms with van der Waals surface area (Å²) in [7, 11) is 0. The highest BCUT2D eigenvalue weighted by Crippen LogP contribution is 2.33. The normalized spacial score (nSPS) is 16.1. The van der Waals surface area contributed by atoms with Crippen LogP contribution in [-0.2, 0) is 9.53 Å². The van der Waals surface area contributed by atoms with Crippen LogP contribution in [0.2, 0.25) is 0 Å². The molecule has 0 unspecified atom stereocenters. The summed E-state index contributed by atoms with van der Waals surface area (Å²) in [4.78, 5) is 22.9. The summed E-state index contributed by atoms with van der Waals surface area (Å²) in [6, 6.07) is 0. The zero-order valence-corrected chi connectivity index (χ0v) is 11.5. The van der Waals surface area contributed by atoms with Crippen LogP contribution in [0.3, 0.4) is 0 Å². The highest BCUT2D eigenvalue weighted by molar-refractivity contribution is 5.94. The molecule has 0 amide bonds. The van der Waals surface area contributed by atoms with Gasteiger partial charge in [-0.1, -0.05) is 13.5 Å². The number of esters is 1. The van der Waals surface area contributed by atoms with Crippen LogP contribution >= 0.6 is 0 Å². The number of carbonyl (C=O) groups excluding carboxylic acids is 1. The van der Waals surface area contributed by atoms with Gasteiger partial charge in [0.1, 0.15) is 5.70 Å². The molecule has 0 atom stereocenters. The molecule has 1 aliphatic rings. The Morgan fingerprint density at radius 3 is 2.63 bits per heavy atom. The van der Waals surface area contributed by atoms with E-state index >= 15 is 0 Å². The number of nitrogens with zero attached hydrogens (tertiary/aromatic N) is 1. The summed E-state index contributed by atoms with van der Waals surface area (Å²) in [6.45, 7) is 7.62. The van der Waals surface area contributed by atoms with Crippen LogP contribution in [0.15, 0.2) is 39.9 Å². The quantitative estimate of drug-likeness (QED) is 0.470. The van der Waals surface area contributed by atoms with Crippen molar-refractivity contribution in [2.24, 2.45) is 10.9 Å². The minimum Gasteiger partial charge on any atom is -0.462 e. The van der Waals surface area contributed by atoms with E-state index in [1.165, 1.54) is 0 Å². The molecule has 0 saturated carbocycles. The number of allylic oxidation sites excluding steroid dienone is 3. The van der Waals surface area contributed by atoms with E-state index < -0.39 is 5.97 Å². The van der Waals surface area contributed by atoms with Gasteiger partial charge in [0.15, 0.2) is 0 Å². The average molecular weight is 264 g/mol. The molecule has 5 heteroatoms. The largest absolute Gasteiger partial charge is 0.462 e. The third-order valence-electron chi connectivity index (χ3n) is 3.16. The van der Waals surface area contributed by atoms with Crippen molar-refractivity contribution in [2.45, 2.75) is 39.5 Å². The molecule has 0 aromatic carbocycles. The molecule has 0 aliphatic heterocycles. The zero-order valence-electron chi connectivity index (χ0n) is 11.5. The van der Waals surface area contributed by atoms with Crippen molar-refractivity contribution in [3.8, 4) is 0 Å². The highest BCUT2D eigenvalue weighted by Gasteiger charge is 2.25. The Kier molecular flexibility index (Phi) is 5.48. The number of rotatable bonds is 5. The van der Waals surface area contributed by atoms with Crippen molar-refractivity contribution in [3.05, 3.63) is 39.6 Å². The maximum atomic E-state index is 11.8. The first-order valence-corrected chi connectivity index (χ1v) is 6.47. The lowest BCUT2D eigenvalue weighted by Gasteiger charge is -2.12.